The lowest BCUT2D eigenvalue weighted by atomic mass is 10.4. The van der Waals surface area contributed by atoms with Crippen molar-refractivity contribution in [2.45, 2.75) is 13.8 Å². The molecule has 1 heterocycles. The van der Waals surface area contributed by atoms with E-state index in [1.165, 1.54) is 0 Å². The molecule has 84 valence electrons. The second kappa shape index (κ2) is 5.71. The van der Waals surface area contributed by atoms with Crippen LogP contribution in [-0.2, 0) is 4.79 Å². The highest BCUT2D eigenvalue weighted by Gasteiger charge is 2.04. The molecule has 0 aliphatic carbocycles. The molecule has 0 radical (unpaired) electrons. The molecule has 0 aliphatic rings. The van der Waals surface area contributed by atoms with Crippen LogP contribution >= 0.6 is 0 Å². The van der Waals surface area contributed by atoms with Gasteiger partial charge in [-0.3, -0.25) is 9.78 Å². The Morgan fingerprint density at radius 1 is 1.56 bits per heavy atom. The Morgan fingerprint density at radius 3 is 3.00 bits per heavy atom. The fourth-order valence-electron chi connectivity index (χ4n) is 1.08. The van der Waals surface area contributed by atoms with Crippen LogP contribution in [0.25, 0.3) is 0 Å². The molecule has 5 heteroatoms. The molecule has 0 spiro atoms. The van der Waals surface area contributed by atoms with Gasteiger partial charge in [-0.15, -0.1) is 6.42 Å². The summed E-state index contributed by atoms with van der Waals surface area (Å²) in [4.78, 5) is 19.6. The number of carbonyl (C=O) groups excluding carboxylic acids is 1. The fraction of sp³-hybridized carbons (Fsp3) is 0.364. The Labute approximate surface area is 94.7 Å². The van der Waals surface area contributed by atoms with Gasteiger partial charge in [0.1, 0.15) is 5.82 Å². The molecule has 0 aromatic carbocycles. The monoisotopic (exact) mass is 218 g/mol. The number of carbonyl (C=O) groups is 1. The summed E-state index contributed by atoms with van der Waals surface area (Å²) in [5.74, 6) is 2.78. The first-order valence-electron chi connectivity index (χ1n) is 4.87. The van der Waals surface area contributed by atoms with Gasteiger partial charge in [0.2, 0.25) is 5.91 Å². The smallest absolute Gasteiger partial charge is 0.240 e. The molecule has 0 unspecified atom stereocenters. The topological polar surface area (TPSA) is 66.9 Å². The number of amides is 1. The predicted molar refractivity (Wildman–Crippen MR) is 61.8 cm³/mol. The van der Waals surface area contributed by atoms with E-state index in [1.807, 2.05) is 13.8 Å². The third kappa shape index (κ3) is 3.58. The van der Waals surface area contributed by atoms with E-state index in [1.54, 1.807) is 6.20 Å². The highest BCUT2D eigenvalue weighted by molar-refractivity contribution is 5.80. The van der Waals surface area contributed by atoms with Gasteiger partial charge in [-0.1, -0.05) is 5.92 Å². The Balaban J connectivity index is 2.51. The molecule has 5 nitrogen and oxygen atoms in total. The summed E-state index contributed by atoms with van der Waals surface area (Å²) in [6.45, 7) is 4.05. The van der Waals surface area contributed by atoms with Crippen molar-refractivity contribution >= 4 is 11.7 Å². The van der Waals surface area contributed by atoms with Crippen molar-refractivity contribution in [1.29, 1.82) is 0 Å². The van der Waals surface area contributed by atoms with Gasteiger partial charge >= 0.3 is 0 Å². The van der Waals surface area contributed by atoms with Crippen molar-refractivity contribution in [2.24, 2.45) is 0 Å². The summed E-state index contributed by atoms with van der Waals surface area (Å²) >= 11 is 0. The number of aryl methyl sites for hydroxylation is 2. The molecule has 1 aromatic rings. The van der Waals surface area contributed by atoms with Gasteiger partial charge in [-0.25, -0.2) is 4.98 Å². The molecule has 2 N–H and O–H groups in total. The lowest BCUT2D eigenvalue weighted by molar-refractivity contribution is -0.119. The van der Waals surface area contributed by atoms with Crippen LogP contribution in [0.3, 0.4) is 0 Å². The Bertz CT molecular complexity index is 422. The summed E-state index contributed by atoms with van der Waals surface area (Å²) in [6, 6.07) is 0. The van der Waals surface area contributed by atoms with Crippen molar-refractivity contribution in [3.05, 3.63) is 17.6 Å². The second-order valence-corrected chi connectivity index (χ2v) is 3.28. The van der Waals surface area contributed by atoms with E-state index < -0.39 is 0 Å². The number of aromatic nitrogens is 2. The van der Waals surface area contributed by atoms with Gasteiger partial charge < -0.3 is 10.6 Å². The van der Waals surface area contributed by atoms with Crippen molar-refractivity contribution in [3.8, 4) is 12.3 Å². The van der Waals surface area contributed by atoms with Crippen molar-refractivity contribution in [1.82, 2.24) is 15.3 Å². The van der Waals surface area contributed by atoms with E-state index in [9.17, 15) is 4.79 Å². The summed E-state index contributed by atoms with van der Waals surface area (Å²) in [5.41, 5.74) is 1.56. The van der Waals surface area contributed by atoms with E-state index in [0.29, 0.717) is 5.82 Å². The van der Waals surface area contributed by atoms with Gasteiger partial charge in [0.25, 0.3) is 0 Å². The van der Waals surface area contributed by atoms with E-state index in [0.717, 1.165) is 11.4 Å². The Hall–Kier alpha value is -2.09. The fourth-order valence-corrected chi connectivity index (χ4v) is 1.08. The maximum atomic E-state index is 11.3. The maximum absolute atomic E-state index is 11.3. The van der Waals surface area contributed by atoms with Crippen molar-refractivity contribution in [2.75, 3.05) is 18.4 Å². The van der Waals surface area contributed by atoms with Crippen LogP contribution in [-0.4, -0.2) is 29.0 Å². The average Bonchev–Trinajstić information content (AvgIpc) is 2.27. The number of anilines is 1. The van der Waals surface area contributed by atoms with Crippen LogP contribution in [0.15, 0.2) is 6.20 Å². The van der Waals surface area contributed by atoms with Gasteiger partial charge in [0.05, 0.1) is 24.5 Å². The highest BCUT2D eigenvalue weighted by atomic mass is 16.1. The van der Waals surface area contributed by atoms with Gasteiger partial charge in [0, 0.05) is 6.20 Å². The minimum Gasteiger partial charge on any atom is -0.359 e. The van der Waals surface area contributed by atoms with Gasteiger partial charge in [0.15, 0.2) is 0 Å². The average molecular weight is 218 g/mol. The summed E-state index contributed by atoms with van der Waals surface area (Å²) in [6.07, 6.45) is 6.70. The van der Waals surface area contributed by atoms with Gasteiger partial charge in [-0.2, -0.15) is 0 Å². The molecule has 0 fully saturated rings. The third-order valence-electron chi connectivity index (χ3n) is 1.88. The number of hydrogen-bond donors (Lipinski definition) is 2. The number of terminal acetylenes is 1. The zero-order valence-corrected chi connectivity index (χ0v) is 9.37. The van der Waals surface area contributed by atoms with Crippen LogP contribution in [0.2, 0.25) is 0 Å². The first kappa shape index (κ1) is 12.0. The molecule has 1 amide bonds. The minimum atomic E-state index is -0.166. The molecule has 1 rings (SSSR count). The van der Waals surface area contributed by atoms with Crippen LogP contribution in [0, 0.1) is 26.2 Å². The third-order valence-corrected chi connectivity index (χ3v) is 1.88. The SMILES string of the molecule is C#CCNC(=O)CNc1nc(C)cnc1C. The van der Waals surface area contributed by atoms with Gasteiger partial charge in [-0.05, 0) is 13.8 Å². The Kier molecular flexibility index (Phi) is 4.28. The number of nitrogens with one attached hydrogen (secondary N) is 2. The molecule has 0 bridgehead atoms. The summed E-state index contributed by atoms with van der Waals surface area (Å²) in [7, 11) is 0. The normalized spacial score (nSPS) is 9.31. The van der Waals surface area contributed by atoms with Crippen molar-refractivity contribution < 1.29 is 4.79 Å². The molecule has 0 aliphatic heterocycles. The van der Waals surface area contributed by atoms with Crippen LogP contribution in [0.5, 0.6) is 0 Å². The predicted octanol–water partition coefficient (Wildman–Crippen LogP) is 0.255. The molecule has 1 aromatic heterocycles. The molecular formula is C11H14N4O. The first-order valence-corrected chi connectivity index (χ1v) is 4.87. The van der Waals surface area contributed by atoms with Crippen LogP contribution < -0.4 is 10.6 Å². The number of rotatable bonds is 4. The highest BCUT2D eigenvalue weighted by Crippen LogP contribution is 2.07. The largest absolute Gasteiger partial charge is 0.359 e. The van der Waals surface area contributed by atoms with Crippen LogP contribution in [0.1, 0.15) is 11.4 Å². The standard InChI is InChI=1S/C11H14N4O/c1-4-5-12-10(16)7-14-11-9(3)13-6-8(2)15-11/h1,6H,5,7H2,2-3H3,(H,12,16)(H,14,15). The van der Waals surface area contributed by atoms with E-state index in [4.69, 9.17) is 6.42 Å². The second-order valence-electron chi connectivity index (χ2n) is 3.28. The van der Waals surface area contributed by atoms with E-state index in [2.05, 4.69) is 26.5 Å². The van der Waals surface area contributed by atoms with E-state index in [-0.39, 0.29) is 19.0 Å². The summed E-state index contributed by atoms with van der Waals surface area (Å²) in [5, 5.41) is 5.46. The molecular weight excluding hydrogens is 204 g/mol. The maximum Gasteiger partial charge on any atom is 0.240 e. The molecule has 0 saturated carbocycles. The quantitative estimate of drug-likeness (QED) is 0.711. The number of nitrogens with zero attached hydrogens (tertiary/aromatic N) is 2. The zero-order valence-electron chi connectivity index (χ0n) is 9.37. The number of hydrogen-bond acceptors (Lipinski definition) is 4. The molecule has 0 atom stereocenters. The van der Waals surface area contributed by atoms with E-state index >= 15 is 0 Å². The minimum absolute atomic E-state index is 0.140. The Morgan fingerprint density at radius 2 is 2.31 bits per heavy atom. The first-order chi connectivity index (χ1) is 7.63. The van der Waals surface area contributed by atoms with Crippen molar-refractivity contribution in [3.63, 3.8) is 0 Å². The lowest BCUT2D eigenvalue weighted by Crippen LogP contribution is -2.30. The lowest BCUT2D eigenvalue weighted by Gasteiger charge is -2.07. The molecule has 16 heavy (non-hydrogen) atoms. The van der Waals surface area contributed by atoms with Crippen LogP contribution in [0.4, 0.5) is 5.82 Å². The molecule has 0 saturated heterocycles. The zero-order chi connectivity index (χ0) is 12.0. The summed E-state index contributed by atoms with van der Waals surface area (Å²) < 4.78 is 0.